The second-order valence-electron chi connectivity index (χ2n) is 3.41. The van der Waals surface area contributed by atoms with E-state index < -0.39 is 12.0 Å². The van der Waals surface area contributed by atoms with Crippen molar-refractivity contribution in [3.8, 4) is 0 Å². The third kappa shape index (κ3) is 3.30. The molecule has 0 atom stereocenters. The van der Waals surface area contributed by atoms with Gasteiger partial charge in [0, 0.05) is 6.54 Å². The van der Waals surface area contributed by atoms with Crippen LogP contribution in [-0.4, -0.2) is 40.5 Å². The molecule has 0 saturated heterocycles. The zero-order valence-corrected chi connectivity index (χ0v) is 8.76. The number of carbonyl (C=O) groups is 1. The highest BCUT2D eigenvalue weighted by molar-refractivity contribution is 5.89. The summed E-state index contributed by atoms with van der Waals surface area (Å²) in [7, 11) is 0. The van der Waals surface area contributed by atoms with Gasteiger partial charge in [0.1, 0.15) is 0 Å². The summed E-state index contributed by atoms with van der Waals surface area (Å²) in [6, 6.07) is 6.19. The van der Waals surface area contributed by atoms with Crippen LogP contribution in [0.5, 0.6) is 0 Å². The smallest absolute Gasteiger partial charge is 0.336 e. The van der Waals surface area contributed by atoms with Crippen LogP contribution in [0.15, 0.2) is 24.3 Å². The highest BCUT2D eigenvalue weighted by Gasteiger charge is 2.10. The summed E-state index contributed by atoms with van der Waals surface area (Å²) in [5, 5.41) is 29.5. The van der Waals surface area contributed by atoms with Crippen LogP contribution < -0.4 is 5.32 Å². The van der Waals surface area contributed by atoms with E-state index >= 15 is 0 Å². The number of benzene rings is 1. The number of carboxylic acids is 1. The Morgan fingerprint density at radius 2 is 1.88 bits per heavy atom. The van der Waals surface area contributed by atoms with Crippen LogP contribution in [0.25, 0.3) is 0 Å². The van der Waals surface area contributed by atoms with E-state index in [-0.39, 0.29) is 18.8 Å². The van der Waals surface area contributed by atoms with E-state index in [9.17, 15) is 4.79 Å². The quantitative estimate of drug-likeness (QED) is 0.539. The van der Waals surface area contributed by atoms with Gasteiger partial charge in [0.25, 0.3) is 0 Å². The molecule has 0 unspecified atom stereocenters. The summed E-state index contributed by atoms with van der Waals surface area (Å²) < 4.78 is 0. The van der Waals surface area contributed by atoms with E-state index in [1.54, 1.807) is 18.2 Å². The molecule has 0 aliphatic carbocycles. The number of aliphatic hydroxyl groups excluding tert-OH is 2. The van der Waals surface area contributed by atoms with Gasteiger partial charge in [0.15, 0.2) is 0 Å². The fourth-order valence-electron chi connectivity index (χ4n) is 1.32. The minimum absolute atomic E-state index is 0.189. The molecule has 1 aromatic carbocycles. The maximum Gasteiger partial charge on any atom is 0.336 e. The Labute approximate surface area is 93.4 Å². The molecule has 1 aromatic rings. The van der Waals surface area contributed by atoms with Crippen molar-refractivity contribution in [1.82, 2.24) is 5.32 Å². The molecule has 0 aliphatic heterocycles. The number of carboxylic acid groups (broad SMARTS) is 1. The van der Waals surface area contributed by atoms with Gasteiger partial charge in [0.05, 0.1) is 24.8 Å². The molecule has 0 spiro atoms. The van der Waals surface area contributed by atoms with Crippen LogP contribution >= 0.6 is 0 Å². The molecule has 0 bridgehead atoms. The third-order valence-corrected chi connectivity index (χ3v) is 2.27. The van der Waals surface area contributed by atoms with Gasteiger partial charge in [-0.25, -0.2) is 4.79 Å². The average Bonchev–Trinajstić information content (AvgIpc) is 2.30. The zero-order valence-electron chi connectivity index (χ0n) is 8.76. The molecule has 5 heteroatoms. The second kappa shape index (κ2) is 6.22. The van der Waals surface area contributed by atoms with Gasteiger partial charge in [-0.15, -0.1) is 0 Å². The van der Waals surface area contributed by atoms with Gasteiger partial charge in [-0.1, -0.05) is 18.2 Å². The third-order valence-electron chi connectivity index (χ3n) is 2.27. The van der Waals surface area contributed by atoms with Crippen molar-refractivity contribution < 1.29 is 20.1 Å². The van der Waals surface area contributed by atoms with Gasteiger partial charge >= 0.3 is 5.97 Å². The van der Waals surface area contributed by atoms with E-state index in [1.165, 1.54) is 6.07 Å². The van der Waals surface area contributed by atoms with E-state index in [1.807, 2.05) is 0 Å². The highest BCUT2D eigenvalue weighted by atomic mass is 16.4. The van der Waals surface area contributed by atoms with Gasteiger partial charge < -0.3 is 20.6 Å². The molecule has 0 fully saturated rings. The molecular weight excluding hydrogens is 210 g/mol. The number of rotatable bonds is 6. The lowest BCUT2D eigenvalue weighted by atomic mass is 10.1. The molecule has 0 aliphatic rings. The first-order valence-corrected chi connectivity index (χ1v) is 4.95. The van der Waals surface area contributed by atoms with Crippen molar-refractivity contribution in [3.05, 3.63) is 35.4 Å². The van der Waals surface area contributed by atoms with E-state index in [4.69, 9.17) is 15.3 Å². The first-order valence-electron chi connectivity index (χ1n) is 4.95. The number of hydrogen-bond donors (Lipinski definition) is 4. The molecule has 16 heavy (non-hydrogen) atoms. The standard InChI is InChI=1S/C11H15NO4/c13-6-9(7-14)12-5-8-3-1-2-4-10(8)11(15)16/h1-4,9,12-14H,5-7H2,(H,15,16). The summed E-state index contributed by atoms with van der Waals surface area (Å²) in [6.45, 7) is -0.0776. The van der Waals surface area contributed by atoms with E-state index in [2.05, 4.69) is 5.32 Å². The fraction of sp³-hybridized carbons (Fsp3) is 0.364. The van der Waals surface area contributed by atoms with Crippen molar-refractivity contribution in [1.29, 1.82) is 0 Å². The first-order chi connectivity index (χ1) is 7.69. The van der Waals surface area contributed by atoms with Crippen LogP contribution in [0.1, 0.15) is 15.9 Å². The van der Waals surface area contributed by atoms with Crippen LogP contribution in [0.4, 0.5) is 0 Å². The van der Waals surface area contributed by atoms with Crippen molar-refractivity contribution in [2.24, 2.45) is 0 Å². The lowest BCUT2D eigenvalue weighted by molar-refractivity contribution is 0.0695. The highest BCUT2D eigenvalue weighted by Crippen LogP contribution is 2.08. The molecule has 0 amide bonds. The van der Waals surface area contributed by atoms with Crippen LogP contribution in [0, 0.1) is 0 Å². The Morgan fingerprint density at radius 1 is 1.25 bits per heavy atom. The minimum Gasteiger partial charge on any atom is -0.478 e. The Hall–Kier alpha value is -1.43. The molecule has 88 valence electrons. The predicted octanol–water partition coefficient (Wildman–Crippen LogP) is -0.172. The Kier molecular flexibility index (Phi) is 4.91. The Bertz CT molecular complexity index is 350. The van der Waals surface area contributed by atoms with Gasteiger partial charge in [-0.05, 0) is 11.6 Å². The maximum absolute atomic E-state index is 10.9. The van der Waals surface area contributed by atoms with E-state index in [0.717, 1.165) is 0 Å². The number of hydrogen-bond acceptors (Lipinski definition) is 4. The van der Waals surface area contributed by atoms with Crippen molar-refractivity contribution in [2.45, 2.75) is 12.6 Å². The predicted molar refractivity (Wildman–Crippen MR) is 58.2 cm³/mol. The van der Waals surface area contributed by atoms with Crippen LogP contribution in [-0.2, 0) is 6.54 Å². The maximum atomic E-state index is 10.9. The number of nitrogens with one attached hydrogen (secondary N) is 1. The lowest BCUT2D eigenvalue weighted by Crippen LogP contribution is -2.35. The summed E-state index contributed by atoms with van der Waals surface area (Å²) in [6.07, 6.45) is 0. The average molecular weight is 225 g/mol. The first kappa shape index (κ1) is 12.6. The summed E-state index contributed by atoms with van der Waals surface area (Å²) in [4.78, 5) is 10.9. The summed E-state index contributed by atoms with van der Waals surface area (Å²) >= 11 is 0. The van der Waals surface area contributed by atoms with Crippen molar-refractivity contribution in [2.75, 3.05) is 13.2 Å². The minimum atomic E-state index is -0.984. The summed E-state index contributed by atoms with van der Waals surface area (Å²) in [5.74, 6) is -0.984. The lowest BCUT2D eigenvalue weighted by Gasteiger charge is -2.14. The largest absolute Gasteiger partial charge is 0.478 e. The van der Waals surface area contributed by atoms with Crippen LogP contribution in [0.2, 0.25) is 0 Å². The fourth-order valence-corrected chi connectivity index (χ4v) is 1.32. The van der Waals surface area contributed by atoms with Crippen LogP contribution in [0.3, 0.4) is 0 Å². The second-order valence-corrected chi connectivity index (χ2v) is 3.41. The van der Waals surface area contributed by atoms with E-state index in [0.29, 0.717) is 12.1 Å². The zero-order chi connectivity index (χ0) is 12.0. The van der Waals surface area contributed by atoms with Crippen molar-refractivity contribution in [3.63, 3.8) is 0 Å². The van der Waals surface area contributed by atoms with Gasteiger partial charge in [-0.3, -0.25) is 0 Å². The van der Waals surface area contributed by atoms with Gasteiger partial charge in [0.2, 0.25) is 0 Å². The number of aromatic carboxylic acids is 1. The topological polar surface area (TPSA) is 89.8 Å². The Morgan fingerprint density at radius 3 is 2.44 bits per heavy atom. The molecule has 0 aromatic heterocycles. The molecule has 0 radical (unpaired) electrons. The van der Waals surface area contributed by atoms with Gasteiger partial charge in [-0.2, -0.15) is 0 Å². The molecule has 0 saturated carbocycles. The molecule has 0 heterocycles. The molecule has 5 nitrogen and oxygen atoms in total. The molecule has 1 rings (SSSR count). The monoisotopic (exact) mass is 225 g/mol. The SMILES string of the molecule is O=C(O)c1ccccc1CNC(CO)CO. The molecule has 4 N–H and O–H groups in total. The molecular formula is C11H15NO4. The van der Waals surface area contributed by atoms with Crippen molar-refractivity contribution >= 4 is 5.97 Å². The normalized spacial score (nSPS) is 10.7. The summed E-state index contributed by atoms with van der Waals surface area (Å²) in [5.41, 5.74) is 0.853. The Balaban J connectivity index is 2.69. The number of aliphatic hydroxyl groups is 2.